The zero-order valence-corrected chi connectivity index (χ0v) is 16.5. The Bertz CT molecular complexity index is 843. The normalized spacial score (nSPS) is 14.2. The van der Waals surface area contributed by atoms with E-state index in [1.807, 2.05) is 26.2 Å². The molecule has 0 fully saturated rings. The molecule has 2 aromatic carbocycles. The fourth-order valence-electron chi connectivity index (χ4n) is 3.55. The molecule has 5 nitrogen and oxygen atoms in total. The summed E-state index contributed by atoms with van der Waals surface area (Å²) in [6.45, 7) is 4.86. The van der Waals surface area contributed by atoms with Crippen LogP contribution >= 0.6 is 0 Å². The maximum Gasteiger partial charge on any atom is 0.251 e. The minimum atomic E-state index is -0.0852. The van der Waals surface area contributed by atoms with E-state index in [-0.39, 0.29) is 17.9 Å². The van der Waals surface area contributed by atoms with E-state index in [9.17, 15) is 9.59 Å². The Morgan fingerprint density at radius 3 is 2.48 bits per heavy atom. The van der Waals surface area contributed by atoms with Crippen molar-refractivity contribution in [2.24, 2.45) is 0 Å². The summed E-state index contributed by atoms with van der Waals surface area (Å²) in [7, 11) is 4.03. The van der Waals surface area contributed by atoms with Gasteiger partial charge in [0.2, 0.25) is 5.91 Å². The molecule has 0 saturated carbocycles. The molecule has 0 spiro atoms. The summed E-state index contributed by atoms with van der Waals surface area (Å²) in [6.07, 6.45) is 0.791. The van der Waals surface area contributed by atoms with Gasteiger partial charge in [0.1, 0.15) is 0 Å². The smallest absolute Gasteiger partial charge is 0.251 e. The molecule has 1 aliphatic heterocycles. The number of rotatable bonds is 5. The summed E-state index contributed by atoms with van der Waals surface area (Å²) in [6, 6.07) is 14.1. The lowest BCUT2D eigenvalue weighted by molar-refractivity contribution is -0.116. The van der Waals surface area contributed by atoms with Gasteiger partial charge in [-0.25, -0.2) is 0 Å². The molecule has 3 rings (SSSR count). The standard InChI is InChI=1S/C22H27N3O2/c1-15-5-7-17(8-6-15)21(24(3)4)14-23-22(27)19-9-10-20-18(13-19)11-12-25(20)16(2)26/h5-10,13,21H,11-12,14H2,1-4H3,(H,23,27). The molecule has 0 aliphatic carbocycles. The molecule has 1 atom stereocenters. The van der Waals surface area contributed by atoms with Gasteiger partial charge in [0, 0.05) is 31.3 Å². The number of hydrogen-bond donors (Lipinski definition) is 1. The molecule has 27 heavy (non-hydrogen) atoms. The van der Waals surface area contributed by atoms with Crippen LogP contribution < -0.4 is 10.2 Å². The van der Waals surface area contributed by atoms with Gasteiger partial charge in [0.25, 0.3) is 5.91 Å². The van der Waals surface area contributed by atoms with Crippen LogP contribution in [0, 0.1) is 6.92 Å². The Morgan fingerprint density at radius 1 is 1.15 bits per heavy atom. The van der Waals surface area contributed by atoms with Crippen LogP contribution in [0.4, 0.5) is 5.69 Å². The number of amides is 2. The summed E-state index contributed by atoms with van der Waals surface area (Å²) < 4.78 is 0. The molecule has 0 radical (unpaired) electrons. The largest absolute Gasteiger partial charge is 0.350 e. The Balaban J connectivity index is 1.70. The molecule has 5 heteroatoms. The highest BCUT2D eigenvalue weighted by Gasteiger charge is 2.23. The van der Waals surface area contributed by atoms with Crippen molar-refractivity contribution in [1.82, 2.24) is 10.2 Å². The highest BCUT2D eigenvalue weighted by molar-refractivity contribution is 5.97. The number of nitrogens with one attached hydrogen (secondary N) is 1. The van der Waals surface area contributed by atoms with E-state index < -0.39 is 0 Å². The van der Waals surface area contributed by atoms with Gasteiger partial charge in [-0.2, -0.15) is 0 Å². The summed E-state index contributed by atoms with van der Waals surface area (Å²) >= 11 is 0. The lowest BCUT2D eigenvalue weighted by atomic mass is 10.0. The van der Waals surface area contributed by atoms with E-state index in [4.69, 9.17) is 0 Å². The zero-order chi connectivity index (χ0) is 19.6. The quantitative estimate of drug-likeness (QED) is 0.886. The van der Waals surface area contributed by atoms with E-state index >= 15 is 0 Å². The van der Waals surface area contributed by atoms with Gasteiger partial charge in [-0.3, -0.25) is 9.59 Å². The van der Waals surface area contributed by atoms with Crippen molar-refractivity contribution >= 4 is 17.5 Å². The second-order valence-corrected chi connectivity index (χ2v) is 7.36. The fraction of sp³-hybridized carbons (Fsp3) is 0.364. The summed E-state index contributed by atoms with van der Waals surface area (Å²) in [5, 5.41) is 3.06. The molecule has 142 valence electrons. The average Bonchev–Trinajstić information content (AvgIpc) is 3.06. The predicted octanol–water partition coefficient (Wildman–Crippen LogP) is 2.94. The third-order valence-electron chi connectivity index (χ3n) is 5.16. The number of benzene rings is 2. The highest BCUT2D eigenvalue weighted by Crippen LogP contribution is 2.29. The molecular weight excluding hydrogens is 338 g/mol. The molecule has 1 N–H and O–H groups in total. The second-order valence-electron chi connectivity index (χ2n) is 7.36. The van der Waals surface area contributed by atoms with E-state index in [0.29, 0.717) is 18.7 Å². The third-order valence-corrected chi connectivity index (χ3v) is 5.16. The Labute approximate surface area is 161 Å². The first kappa shape index (κ1) is 19.1. The van der Waals surface area contributed by atoms with E-state index in [1.165, 1.54) is 11.1 Å². The van der Waals surface area contributed by atoms with Crippen LogP contribution in [0.25, 0.3) is 0 Å². The molecular formula is C22H27N3O2. The minimum absolute atomic E-state index is 0.0397. The van der Waals surface area contributed by atoms with Gasteiger partial charge in [0.05, 0.1) is 6.04 Å². The van der Waals surface area contributed by atoms with Crippen molar-refractivity contribution in [2.45, 2.75) is 26.3 Å². The zero-order valence-electron chi connectivity index (χ0n) is 16.5. The molecule has 0 bridgehead atoms. The topological polar surface area (TPSA) is 52.7 Å². The van der Waals surface area contributed by atoms with Crippen LogP contribution in [0.1, 0.15) is 40.0 Å². The number of anilines is 1. The molecule has 1 heterocycles. The van der Waals surface area contributed by atoms with E-state index in [2.05, 4.69) is 41.4 Å². The first-order valence-corrected chi connectivity index (χ1v) is 9.29. The van der Waals surface area contributed by atoms with Crippen molar-refractivity contribution in [1.29, 1.82) is 0 Å². The number of hydrogen-bond acceptors (Lipinski definition) is 3. The fourth-order valence-corrected chi connectivity index (χ4v) is 3.55. The van der Waals surface area contributed by atoms with Gasteiger partial charge in [-0.15, -0.1) is 0 Å². The Kier molecular flexibility index (Phi) is 5.61. The molecule has 0 aromatic heterocycles. The SMILES string of the molecule is CC(=O)N1CCc2cc(C(=O)NCC(c3ccc(C)cc3)N(C)C)ccc21. The Hall–Kier alpha value is -2.66. The third kappa shape index (κ3) is 4.19. The monoisotopic (exact) mass is 365 g/mol. The molecule has 1 unspecified atom stereocenters. The van der Waals surface area contributed by atoms with Gasteiger partial charge in [0.15, 0.2) is 0 Å². The average molecular weight is 365 g/mol. The first-order chi connectivity index (χ1) is 12.9. The maximum absolute atomic E-state index is 12.7. The summed E-state index contributed by atoms with van der Waals surface area (Å²) in [5.41, 5.74) is 5.01. The van der Waals surface area contributed by atoms with E-state index in [1.54, 1.807) is 17.9 Å². The lowest BCUT2D eigenvalue weighted by Crippen LogP contribution is -2.34. The summed E-state index contributed by atoms with van der Waals surface area (Å²) in [4.78, 5) is 28.2. The molecule has 2 amide bonds. The molecule has 1 aliphatic rings. The lowest BCUT2D eigenvalue weighted by Gasteiger charge is -2.25. The van der Waals surface area contributed by atoms with Crippen molar-refractivity contribution < 1.29 is 9.59 Å². The highest BCUT2D eigenvalue weighted by atomic mass is 16.2. The second kappa shape index (κ2) is 7.92. The van der Waals surface area contributed by atoms with Crippen molar-refractivity contribution in [3.05, 3.63) is 64.7 Å². The van der Waals surface area contributed by atoms with E-state index in [0.717, 1.165) is 17.7 Å². The molecule has 2 aromatic rings. The van der Waals surface area contributed by atoms with Gasteiger partial charge in [-0.05, 0) is 56.8 Å². The summed E-state index contributed by atoms with van der Waals surface area (Å²) in [5.74, 6) is -0.0455. The van der Waals surface area contributed by atoms with Gasteiger partial charge in [-0.1, -0.05) is 29.8 Å². The number of carbonyl (C=O) groups is 2. The minimum Gasteiger partial charge on any atom is -0.350 e. The van der Waals surface area contributed by atoms with Gasteiger partial charge >= 0.3 is 0 Å². The number of carbonyl (C=O) groups excluding carboxylic acids is 2. The maximum atomic E-state index is 12.7. The van der Waals surface area contributed by atoms with Crippen molar-refractivity contribution in [3.63, 3.8) is 0 Å². The first-order valence-electron chi connectivity index (χ1n) is 9.29. The Morgan fingerprint density at radius 2 is 1.85 bits per heavy atom. The van der Waals surface area contributed by atoms with Crippen LogP contribution in [0.15, 0.2) is 42.5 Å². The van der Waals surface area contributed by atoms with Crippen LogP contribution in [-0.2, 0) is 11.2 Å². The van der Waals surface area contributed by atoms with Crippen LogP contribution in [0.2, 0.25) is 0 Å². The molecule has 0 saturated heterocycles. The number of likely N-dealkylation sites (N-methyl/N-ethyl adjacent to an activating group) is 1. The van der Waals surface area contributed by atoms with Crippen LogP contribution in [-0.4, -0.2) is 43.9 Å². The van der Waals surface area contributed by atoms with Gasteiger partial charge < -0.3 is 15.1 Å². The number of aryl methyl sites for hydroxylation is 1. The number of nitrogens with zero attached hydrogens (tertiary/aromatic N) is 2. The van der Waals surface area contributed by atoms with Crippen LogP contribution in [0.3, 0.4) is 0 Å². The van der Waals surface area contributed by atoms with Crippen molar-refractivity contribution in [3.8, 4) is 0 Å². The number of fused-ring (bicyclic) bond motifs is 1. The van der Waals surface area contributed by atoms with Crippen molar-refractivity contribution in [2.75, 3.05) is 32.1 Å². The van der Waals surface area contributed by atoms with Crippen LogP contribution in [0.5, 0.6) is 0 Å². The predicted molar refractivity (Wildman–Crippen MR) is 108 cm³/mol.